The number of carbonyl (C=O) groups excluding carboxylic acids is 1. The van der Waals surface area contributed by atoms with E-state index in [4.69, 9.17) is 14.6 Å². The monoisotopic (exact) mass is 296 g/mol. The molecule has 0 aromatic heterocycles. The van der Waals surface area contributed by atoms with E-state index < -0.39 is 12.1 Å². The van der Waals surface area contributed by atoms with Crippen LogP contribution in [0.15, 0.2) is 18.2 Å². The van der Waals surface area contributed by atoms with Crippen molar-refractivity contribution in [2.45, 2.75) is 32.8 Å². The van der Waals surface area contributed by atoms with Gasteiger partial charge in [0.2, 0.25) is 0 Å². The number of benzene rings is 1. The first kappa shape index (κ1) is 17.0. The van der Waals surface area contributed by atoms with Gasteiger partial charge in [-0.2, -0.15) is 0 Å². The first-order chi connectivity index (χ1) is 9.99. The molecule has 1 aromatic carbocycles. The minimum atomic E-state index is -1.59. The van der Waals surface area contributed by atoms with Crippen molar-refractivity contribution in [2.24, 2.45) is 0 Å². The summed E-state index contributed by atoms with van der Waals surface area (Å²) in [6.07, 6.45) is -0.949. The van der Waals surface area contributed by atoms with Crippen LogP contribution in [-0.4, -0.2) is 35.4 Å². The van der Waals surface area contributed by atoms with Crippen LogP contribution in [0.4, 0.5) is 0 Å². The van der Waals surface area contributed by atoms with Gasteiger partial charge >= 0.3 is 11.9 Å². The molecule has 0 radical (unpaired) electrons. The van der Waals surface area contributed by atoms with Crippen LogP contribution < -0.4 is 4.74 Å². The number of hydrogen-bond donors (Lipinski definition) is 2. The van der Waals surface area contributed by atoms with Crippen LogP contribution in [0.3, 0.4) is 0 Å². The molecule has 1 aromatic rings. The highest BCUT2D eigenvalue weighted by molar-refractivity contribution is 5.74. The zero-order chi connectivity index (χ0) is 15.8. The minimum Gasteiger partial charge on any atom is -0.494 e. The van der Waals surface area contributed by atoms with Crippen LogP contribution in [0.5, 0.6) is 5.75 Å². The smallest absolute Gasteiger partial charge is 0.337 e. The molecule has 0 heterocycles. The van der Waals surface area contributed by atoms with Crippen molar-refractivity contribution in [1.82, 2.24) is 0 Å². The normalized spacial score (nSPS) is 11.8. The van der Waals surface area contributed by atoms with Gasteiger partial charge in [0.25, 0.3) is 0 Å². The van der Waals surface area contributed by atoms with Crippen molar-refractivity contribution in [1.29, 1.82) is 0 Å². The van der Waals surface area contributed by atoms with E-state index in [0.717, 1.165) is 5.56 Å². The number of carbonyl (C=O) groups is 2. The van der Waals surface area contributed by atoms with Gasteiger partial charge < -0.3 is 19.7 Å². The van der Waals surface area contributed by atoms with Crippen LogP contribution in [0.25, 0.3) is 0 Å². The molecular formula is C15H20O6. The van der Waals surface area contributed by atoms with Crippen LogP contribution >= 0.6 is 0 Å². The second-order valence-corrected chi connectivity index (χ2v) is 4.35. The molecule has 0 aliphatic heterocycles. The summed E-state index contributed by atoms with van der Waals surface area (Å²) in [5.74, 6) is -1.15. The third-order valence-electron chi connectivity index (χ3n) is 2.84. The highest BCUT2D eigenvalue weighted by Gasteiger charge is 2.18. The summed E-state index contributed by atoms with van der Waals surface area (Å²) in [4.78, 5) is 22.2. The van der Waals surface area contributed by atoms with Crippen molar-refractivity contribution >= 4 is 11.9 Å². The molecule has 0 saturated carbocycles. The van der Waals surface area contributed by atoms with Crippen LogP contribution in [0.1, 0.15) is 37.5 Å². The van der Waals surface area contributed by atoms with E-state index in [-0.39, 0.29) is 18.0 Å². The van der Waals surface area contributed by atoms with Gasteiger partial charge in [0.05, 0.1) is 13.2 Å². The SMILES string of the molecule is CCOC(=O)CCc1ccc(C(O)C(=O)O)cc1OCC. The molecule has 0 amide bonds. The number of hydrogen-bond acceptors (Lipinski definition) is 5. The molecular weight excluding hydrogens is 276 g/mol. The Morgan fingerprint density at radius 1 is 1.24 bits per heavy atom. The lowest BCUT2D eigenvalue weighted by Gasteiger charge is -2.13. The first-order valence-electron chi connectivity index (χ1n) is 6.81. The summed E-state index contributed by atoms with van der Waals surface area (Å²) in [6, 6.07) is 4.66. The predicted molar refractivity (Wildman–Crippen MR) is 75.2 cm³/mol. The van der Waals surface area contributed by atoms with E-state index in [1.165, 1.54) is 12.1 Å². The fourth-order valence-corrected chi connectivity index (χ4v) is 1.85. The maximum absolute atomic E-state index is 11.4. The Balaban J connectivity index is 2.88. The van der Waals surface area contributed by atoms with Crippen molar-refractivity contribution in [3.05, 3.63) is 29.3 Å². The molecule has 1 rings (SSSR count). The third kappa shape index (κ3) is 5.07. The van der Waals surface area contributed by atoms with Gasteiger partial charge in [0.1, 0.15) is 5.75 Å². The fraction of sp³-hybridized carbons (Fsp3) is 0.467. The lowest BCUT2D eigenvalue weighted by atomic mass is 10.0. The van der Waals surface area contributed by atoms with Gasteiger partial charge in [-0.05, 0) is 37.5 Å². The van der Waals surface area contributed by atoms with Crippen LogP contribution in [0.2, 0.25) is 0 Å². The first-order valence-corrected chi connectivity index (χ1v) is 6.81. The van der Waals surface area contributed by atoms with E-state index in [1.54, 1.807) is 19.9 Å². The summed E-state index contributed by atoms with van der Waals surface area (Å²) in [5, 5.41) is 18.3. The second-order valence-electron chi connectivity index (χ2n) is 4.35. The van der Waals surface area contributed by atoms with Gasteiger partial charge in [-0.3, -0.25) is 4.79 Å². The fourth-order valence-electron chi connectivity index (χ4n) is 1.85. The molecule has 6 nitrogen and oxygen atoms in total. The predicted octanol–water partition coefficient (Wildman–Crippen LogP) is 1.70. The third-order valence-corrected chi connectivity index (χ3v) is 2.84. The van der Waals surface area contributed by atoms with E-state index >= 15 is 0 Å². The molecule has 0 spiro atoms. The van der Waals surface area contributed by atoms with E-state index in [9.17, 15) is 14.7 Å². The highest BCUT2D eigenvalue weighted by atomic mass is 16.5. The van der Waals surface area contributed by atoms with Crippen LogP contribution in [-0.2, 0) is 20.7 Å². The van der Waals surface area contributed by atoms with Crippen LogP contribution in [0, 0.1) is 0 Å². The minimum absolute atomic E-state index is 0.217. The van der Waals surface area contributed by atoms with E-state index in [1.807, 2.05) is 0 Å². The molecule has 0 saturated heterocycles. The summed E-state index contributed by atoms with van der Waals surface area (Å²) >= 11 is 0. The van der Waals surface area contributed by atoms with E-state index in [2.05, 4.69) is 0 Å². The maximum Gasteiger partial charge on any atom is 0.337 e. The molecule has 1 unspecified atom stereocenters. The second kappa shape index (κ2) is 8.26. The summed E-state index contributed by atoms with van der Waals surface area (Å²) < 4.78 is 10.3. The van der Waals surface area contributed by atoms with Gasteiger partial charge in [-0.25, -0.2) is 4.79 Å². The molecule has 21 heavy (non-hydrogen) atoms. The molecule has 1 atom stereocenters. The molecule has 6 heteroatoms. The topological polar surface area (TPSA) is 93.1 Å². The Morgan fingerprint density at radius 3 is 2.52 bits per heavy atom. The molecule has 116 valence electrons. The summed E-state index contributed by atoms with van der Waals surface area (Å²) in [7, 11) is 0. The Labute approximate surface area is 123 Å². The molecule has 0 fully saturated rings. The van der Waals surface area contributed by atoms with Crippen molar-refractivity contribution < 1.29 is 29.3 Å². The number of ether oxygens (including phenoxy) is 2. The average Bonchev–Trinajstić information content (AvgIpc) is 2.45. The standard InChI is InChI=1S/C15H20O6/c1-3-20-12-9-11(14(17)15(18)19)6-5-10(12)7-8-13(16)21-4-2/h5-6,9,14,17H,3-4,7-8H2,1-2H3,(H,18,19). The van der Waals surface area contributed by atoms with Gasteiger partial charge in [-0.1, -0.05) is 12.1 Å². The summed E-state index contributed by atoms with van der Waals surface area (Å²) in [5.41, 5.74) is 1.01. The van der Waals surface area contributed by atoms with Crippen molar-refractivity contribution in [3.8, 4) is 5.75 Å². The molecule has 2 N–H and O–H groups in total. The van der Waals surface area contributed by atoms with Crippen molar-refractivity contribution in [2.75, 3.05) is 13.2 Å². The molecule has 0 aliphatic rings. The average molecular weight is 296 g/mol. The molecule has 0 bridgehead atoms. The zero-order valence-electron chi connectivity index (χ0n) is 12.2. The summed E-state index contributed by atoms with van der Waals surface area (Å²) in [6.45, 7) is 4.28. The van der Waals surface area contributed by atoms with Gasteiger partial charge in [0, 0.05) is 6.42 Å². The number of aliphatic hydroxyl groups excluding tert-OH is 1. The Hall–Kier alpha value is -2.08. The Kier molecular flexibility index (Phi) is 6.68. The lowest BCUT2D eigenvalue weighted by Crippen LogP contribution is -2.11. The van der Waals surface area contributed by atoms with Gasteiger partial charge in [-0.15, -0.1) is 0 Å². The maximum atomic E-state index is 11.4. The van der Waals surface area contributed by atoms with Crippen molar-refractivity contribution in [3.63, 3.8) is 0 Å². The Bertz CT molecular complexity index is 497. The number of esters is 1. The Morgan fingerprint density at radius 2 is 1.95 bits per heavy atom. The number of carboxylic acid groups (broad SMARTS) is 1. The van der Waals surface area contributed by atoms with E-state index in [0.29, 0.717) is 25.4 Å². The largest absolute Gasteiger partial charge is 0.494 e. The van der Waals surface area contributed by atoms with Gasteiger partial charge in [0.15, 0.2) is 6.10 Å². The number of rotatable bonds is 8. The highest BCUT2D eigenvalue weighted by Crippen LogP contribution is 2.25. The quantitative estimate of drug-likeness (QED) is 0.709. The zero-order valence-corrected chi connectivity index (χ0v) is 12.2. The molecule has 0 aliphatic carbocycles. The number of aryl methyl sites for hydroxylation is 1. The lowest BCUT2D eigenvalue weighted by molar-refractivity contribution is -0.147. The number of carboxylic acids is 1. The number of aliphatic carboxylic acids is 1. The number of aliphatic hydroxyl groups is 1.